The second-order valence-electron chi connectivity index (χ2n) is 3.14. The Kier molecular flexibility index (Phi) is 2.35. The summed E-state index contributed by atoms with van der Waals surface area (Å²) in [5, 5.41) is 3.81. The van der Waals surface area contributed by atoms with Crippen molar-refractivity contribution in [3.63, 3.8) is 0 Å². The number of pyridine rings is 1. The van der Waals surface area contributed by atoms with Gasteiger partial charge in [-0.1, -0.05) is 0 Å². The number of aromatic nitrogens is 4. The predicted octanol–water partition coefficient (Wildman–Crippen LogP) is -0.352. The van der Waals surface area contributed by atoms with Crippen molar-refractivity contribution in [2.45, 2.75) is 4.90 Å². The lowest BCUT2D eigenvalue weighted by Gasteiger charge is -2.04. The number of hydrogen-bond acceptors (Lipinski definition) is 6. The van der Waals surface area contributed by atoms with Crippen molar-refractivity contribution in [1.29, 1.82) is 0 Å². The first-order valence-corrected chi connectivity index (χ1v) is 6.20. The molecular weight excluding hydrogens is 230 g/mol. The van der Waals surface area contributed by atoms with Crippen molar-refractivity contribution in [2.75, 3.05) is 12.0 Å². The van der Waals surface area contributed by atoms with Crippen molar-refractivity contribution in [3.8, 4) is 5.82 Å². The topological polar surface area (TPSA) is 104 Å². The van der Waals surface area contributed by atoms with Crippen LogP contribution in [-0.4, -0.2) is 34.4 Å². The molecule has 0 saturated carbocycles. The Morgan fingerprint density at radius 3 is 2.69 bits per heavy atom. The van der Waals surface area contributed by atoms with Gasteiger partial charge in [-0.3, -0.25) is 0 Å². The fraction of sp³-hybridized carbons (Fsp3) is 0.125. The maximum atomic E-state index is 11.5. The summed E-state index contributed by atoms with van der Waals surface area (Å²) in [6, 6.07) is 3.00. The van der Waals surface area contributed by atoms with E-state index in [2.05, 4.69) is 15.1 Å². The van der Waals surface area contributed by atoms with Crippen molar-refractivity contribution < 1.29 is 8.42 Å². The van der Waals surface area contributed by atoms with Crippen LogP contribution < -0.4 is 5.73 Å². The van der Waals surface area contributed by atoms with E-state index in [0.29, 0.717) is 0 Å². The minimum absolute atomic E-state index is 0.0603. The van der Waals surface area contributed by atoms with Crippen LogP contribution in [0, 0.1) is 0 Å². The molecule has 16 heavy (non-hydrogen) atoms. The van der Waals surface area contributed by atoms with Gasteiger partial charge in [-0.25, -0.2) is 18.4 Å². The molecule has 0 aliphatic carbocycles. The van der Waals surface area contributed by atoms with Gasteiger partial charge in [-0.05, 0) is 12.1 Å². The molecule has 0 aromatic carbocycles. The predicted molar refractivity (Wildman–Crippen MR) is 56.7 cm³/mol. The molecule has 0 atom stereocenters. The molecule has 0 aliphatic rings. The third-order valence-corrected chi connectivity index (χ3v) is 2.99. The number of hydrogen-bond donors (Lipinski definition) is 1. The number of rotatable bonds is 2. The zero-order valence-corrected chi connectivity index (χ0v) is 9.22. The molecule has 0 radical (unpaired) electrons. The van der Waals surface area contributed by atoms with Crippen LogP contribution in [0.5, 0.6) is 0 Å². The van der Waals surface area contributed by atoms with Gasteiger partial charge in [0.05, 0.1) is 0 Å². The summed E-state index contributed by atoms with van der Waals surface area (Å²) in [4.78, 5) is 7.75. The Hall–Kier alpha value is -1.96. The molecule has 0 fully saturated rings. The maximum absolute atomic E-state index is 11.5. The first kappa shape index (κ1) is 10.6. The summed E-state index contributed by atoms with van der Waals surface area (Å²) in [6.07, 6.45) is 3.89. The molecule has 0 spiro atoms. The lowest BCUT2D eigenvalue weighted by Crippen LogP contribution is -2.08. The summed E-state index contributed by atoms with van der Waals surface area (Å²) in [5.74, 6) is 0.249. The lowest BCUT2D eigenvalue weighted by molar-refractivity contribution is 0.600. The standard InChI is InChI=1S/C8H9N5O2S/c1-16(14,15)6-3-2-4-10-7(6)13-5-11-8(9)12-13/h2-5H,1H3,(H2,9,12). The van der Waals surface area contributed by atoms with E-state index in [4.69, 9.17) is 5.73 Å². The normalized spacial score (nSPS) is 11.6. The molecular formula is C8H9N5O2S. The van der Waals surface area contributed by atoms with Crippen molar-refractivity contribution in [2.24, 2.45) is 0 Å². The van der Waals surface area contributed by atoms with Gasteiger partial charge in [0.25, 0.3) is 0 Å². The Bertz CT molecular complexity index is 619. The minimum Gasteiger partial charge on any atom is -0.366 e. The van der Waals surface area contributed by atoms with Gasteiger partial charge in [0, 0.05) is 12.5 Å². The second-order valence-corrected chi connectivity index (χ2v) is 5.13. The SMILES string of the molecule is CS(=O)(=O)c1cccnc1-n1cnc(N)n1. The highest BCUT2D eigenvalue weighted by atomic mass is 32.2. The maximum Gasteiger partial charge on any atom is 0.239 e. The molecule has 0 aliphatic heterocycles. The molecule has 2 heterocycles. The highest BCUT2D eigenvalue weighted by Crippen LogP contribution is 2.16. The molecule has 2 aromatic rings. The van der Waals surface area contributed by atoms with Crippen LogP contribution >= 0.6 is 0 Å². The fourth-order valence-corrected chi connectivity index (χ4v) is 2.03. The van der Waals surface area contributed by atoms with Gasteiger partial charge in [0.1, 0.15) is 11.2 Å². The fourth-order valence-electron chi connectivity index (χ4n) is 1.22. The Balaban J connectivity index is 2.66. The molecule has 2 rings (SSSR count). The molecule has 84 valence electrons. The molecule has 0 saturated heterocycles. The average Bonchev–Trinajstić information content (AvgIpc) is 2.64. The van der Waals surface area contributed by atoms with E-state index in [1.54, 1.807) is 6.07 Å². The highest BCUT2D eigenvalue weighted by Gasteiger charge is 2.16. The van der Waals surface area contributed by atoms with E-state index in [0.717, 1.165) is 6.26 Å². The van der Waals surface area contributed by atoms with Crippen molar-refractivity contribution in [3.05, 3.63) is 24.7 Å². The largest absolute Gasteiger partial charge is 0.366 e. The van der Waals surface area contributed by atoms with Gasteiger partial charge in [0.2, 0.25) is 5.95 Å². The van der Waals surface area contributed by atoms with E-state index < -0.39 is 9.84 Å². The second kappa shape index (κ2) is 3.56. The Morgan fingerprint density at radius 2 is 2.12 bits per heavy atom. The summed E-state index contributed by atoms with van der Waals surface area (Å²) in [5.41, 5.74) is 5.35. The van der Waals surface area contributed by atoms with Crippen molar-refractivity contribution >= 4 is 15.8 Å². The van der Waals surface area contributed by atoms with Crippen LogP contribution in [0.4, 0.5) is 5.95 Å². The van der Waals surface area contributed by atoms with Gasteiger partial charge in [0.15, 0.2) is 15.7 Å². The Morgan fingerprint density at radius 1 is 1.38 bits per heavy atom. The van der Waals surface area contributed by atoms with Crippen LogP contribution in [-0.2, 0) is 9.84 Å². The van der Waals surface area contributed by atoms with Crippen molar-refractivity contribution in [1.82, 2.24) is 19.7 Å². The van der Waals surface area contributed by atoms with E-state index >= 15 is 0 Å². The third-order valence-electron chi connectivity index (χ3n) is 1.88. The Labute approximate surface area is 91.9 Å². The highest BCUT2D eigenvalue weighted by molar-refractivity contribution is 7.90. The minimum atomic E-state index is -3.36. The summed E-state index contributed by atoms with van der Waals surface area (Å²) >= 11 is 0. The molecule has 0 bridgehead atoms. The van der Waals surface area contributed by atoms with E-state index in [1.807, 2.05) is 0 Å². The summed E-state index contributed by atoms with van der Waals surface area (Å²) in [6.45, 7) is 0. The van der Waals surface area contributed by atoms with Gasteiger partial charge in [-0.15, -0.1) is 5.10 Å². The monoisotopic (exact) mass is 239 g/mol. The van der Waals surface area contributed by atoms with E-state index in [9.17, 15) is 8.42 Å². The molecule has 2 N–H and O–H groups in total. The summed E-state index contributed by atoms with van der Waals surface area (Å²) in [7, 11) is -3.36. The number of nitrogens with zero attached hydrogens (tertiary/aromatic N) is 4. The number of nitrogen functional groups attached to an aromatic ring is 1. The smallest absolute Gasteiger partial charge is 0.239 e. The van der Waals surface area contributed by atoms with Gasteiger partial charge in [-0.2, -0.15) is 4.68 Å². The zero-order chi connectivity index (χ0) is 11.8. The van der Waals surface area contributed by atoms with Gasteiger partial charge >= 0.3 is 0 Å². The molecule has 0 unspecified atom stereocenters. The lowest BCUT2D eigenvalue weighted by atomic mass is 10.5. The molecule has 8 heteroatoms. The van der Waals surface area contributed by atoms with Crippen LogP contribution in [0.3, 0.4) is 0 Å². The number of sulfone groups is 1. The van der Waals surface area contributed by atoms with Gasteiger partial charge < -0.3 is 5.73 Å². The zero-order valence-electron chi connectivity index (χ0n) is 8.40. The average molecular weight is 239 g/mol. The van der Waals surface area contributed by atoms with Crippen LogP contribution in [0.2, 0.25) is 0 Å². The summed E-state index contributed by atoms with van der Waals surface area (Å²) < 4.78 is 24.2. The first-order chi connectivity index (χ1) is 7.48. The van der Waals surface area contributed by atoms with Crippen LogP contribution in [0.15, 0.2) is 29.6 Å². The van der Waals surface area contributed by atoms with Crippen LogP contribution in [0.25, 0.3) is 5.82 Å². The van der Waals surface area contributed by atoms with Crippen LogP contribution in [0.1, 0.15) is 0 Å². The number of anilines is 1. The van der Waals surface area contributed by atoms with E-state index in [1.165, 1.54) is 23.3 Å². The quantitative estimate of drug-likeness (QED) is 0.768. The molecule has 7 nitrogen and oxygen atoms in total. The third kappa shape index (κ3) is 1.87. The number of nitrogens with two attached hydrogens (primary N) is 1. The molecule has 2 aromatic heterocycles. The van der Waals surface area contributed by atoms with E-state index in [-0.39, 0.29) is 16.7 Å². The molecule has 0 amide bonds. The first-order valence-electron chi connectivity index (χ1n) is 4.31.